The quantitative estimate of drug-likeness (QED) is 0.814. The van der Waals surface area contributed by atoms with Crippen molar-refractivity contribution in [1.82, 2.24) is 0 Å². The Kier molecular flexibility index (Phi) is 2.31. The summed E-state index contributed by atoms with van der Waals surface area (Å²) in [5, 5.41) is 18.1. The molecule has 4 heteroatoms. The monoisotopic (exact) mass is 217 g/mol. The second-order valence-electron chi connectivity index (χ2n) is 3.96. The summed E-state index contributed by atoms with van der Waals surface area (Å²) in [5.41, 5.74) is -0.00979. The number of nitrogens with zero attached hydrogens (tertiary/aromatic N) is 1. The maximum atomic E-state index is 11.1. The molecule has 1 aliphatic rings. The van der Waals surface area contributed by atoms with Gasteiger partial charge in [0.1, 0.15) is 5.75 Å². The third kappa shape index (κ3) is 1.41. The first-order valence-electron chi connectivity index (χ1n) is 4.99. The largest absolute Gasteiger partial charge is 0.493 e. The van der Waals surface area contributed by atoms with Gasteiger partial charge in [0.05, 0.1) is 12.7 Å². The molecule has 0 aromatic heterocycles. The van der Waals surface area contributed by atoms with Gasteiger partial charge in [0.2, 0.25) is 0 Å². The van der Waals surface area contributed by atoms with Crippen LogP contribution >= 0.6 is 0 Å². The van der Waals surface area contributed by atoms with E-state index in [-0.39, 0.29) is 0 Å². The van der Waals surface area contributed by atoms with Gasteiger partial charge in [-0.25, -0.2) is 0 Å². The lowest BCUT2D eigenvalue weighted by molar-refractivity contribution is -0.141. The van der Waals surface area contributed by atoms with Gasteiger partial charge in [-0.3, -0.25) is 4.79 Å². The zero-order valence-corrected chi connectivity index (χ0v) is 8.86. The van der Waals surface area contributed by atoms with Crippen LogP contribution in [0.25, 0.3) is 0 Å². The number of hydrogen-bond donors (Lipinski definition) is 1. The van der Waals surface area contributed by atoms with E-state index in [9.17, 15) is 4.79 Å². The fourth-order valence-electron chi connectivity index (χ4n) is 1.73. The van der Waals surface area contributed by atoms with E-state index in [1.54, 1.807) is 18.2 Å². The molecular weight excluding hydrogens is 206 g/mol. The van der Waals surface area contributed by atoms with Crippen molar-refractivity contribution in [2.24, 2.45) is 0 Å². The lowest BCUT2D eigenvalue weighted by Gasteiger charge is -2.17. The van der Waals surface area contributed by atoms with Gasteiger partial charge in [-0.2, -0.15) is 5.26 Å². The van der Waals surface area contributed by atoms with Gasteiger partial charge in [0.25, 0.3) is 0 Å². The Morgan fingerprint density at radius 2 is 2.38 bits per heavy atom. The summed E-state index contributed by atoms with van der Waals surface area (Å²) in [4.78, 5) is 11.1. The minimum atomic E-state index is -1.49. The van der Waals surface area contributed by atoms with Crippen molar-refractivity contribution in [2.75, 3.05) is 6.61 Å². The SMILES string of the molecule is CC(C#N)(C(=O)O)c1ccc2c(c1)CCO2. The van der Waals surface area contributed by atoms with Crippen LogP contribution in [0.1, 0.15) is 18.1 Å². The van der Waals surface area contributed by atoms with Crippen molar-refractivity contribution in [2.45, 2.75) is 18.8 Å². The Labute approximate surface area is 93.1 Å². The molecule has 1 unspecified atom stereocenters. The summed E-state index contributed by atoms with van der Waals surface area (Å²) in [6.07, 6.45) is 0.768. The topological polar surface area (TPSA) is 70.3 Å². The lowest BCUT2D eigenvalue weighted by atomic mass is 9.83. The molecule has 0 aliphatic carbocycles. The predicted molar refractivity (Wildman–Crippen MR) is 56.2 cm³/mol. The summed E-state index contributed by atoms with van der Waals surface area (Å²) >= 11 is 0. The van der Waals surface area contributed by atoms with E-state index in [2.05, 4.69) is 0 Å². The highest BCUT2D eigenvalue weighted by molar-refractivity contribution is 5.84. The van der Waals surface area contributed by atoms with Crippen LogP contribution in [0.4, 0.5) is 0 Å². The summed E-state index contributed by atoms with van der Waals surface area (Å²) < 4.78 is 5.33. The van der Waals surface area contributed by atoms with Crippen molar-refractivity contribution in [3.63, 3.8) is 0 Å². The van der Waals surface area contributed by atoms with E-state index in [0.29, 0.717) is 12.2 Å². The number of ether oxygens (including phenoxy) is 1. The molecule has 82 valence electrons. The average molecular weight is 217 g/mol. The Balaban J connectivity index is 2.49. The maximum Gasteiger partial charge on any atom is 0.328 e. The molecule has 0 radical (unpaired) electrons. The third-order valence-electron chi connectivity index (χ3n) is 2.92. The Hall–Kier alpha value is -2.02. The lowest BCUT2D eigenvalue weighted by Crippen LogP contribution is -2.30. The van der Waals surface area contributed by atoms with E-state index in [0.717, 1.165) is 17.7 Å². The van der Waals surface area contributed by atoms with Gasteiger partial charge in [-0.05, 0) is 30.2 Å². The van der Waals surface area contributed by atoms with Crippen LogP contribution in [0.15, 0.2) is 18.2 Å². The molecule has 1 N–H and O–H groups in total. The van der Waals surface area contributed by atoms with Gasteiger partial charge in [-0.1, -0.05) is 6.07 Å². The van der Waals surface area contributed by atoms with Crippen molar-refractivity contribution in [3.05, 3.63) is 29.3 Å². The summed E-state index contributed by atoms with van der Waals surface area (Å²) in [5.74, 6) is -0.344. The highest BCUT2D eigenvalue weighted by atomic mass is 16.5. The number of carbonyl (C=O) groups is 1. The molecular formula is C12H11NO3. The van der Waals surface area contributed by atoms with Gasteiger partial charge in [0, 0.05) is 6.42 Å². The van der Waals surface area contributed by atoms with Crippen molar-refractivity contribution in [1.29, 1.82) is 5.26 Å². The number of aliphatic carboxylic acids is 1. The second-order valence-corrected chi connectivity index (χ2v) is 3.96. The molecule has 0 fully saturated rings. The number of hydrogen-bond acceptors (Lipinski definition) is 3. The average Bonchev–Trinajstić information content (AvgIpc) is 2.74. The normalized spacial score (nSPS) is 16.8. The van der Waals surface area contributed by atoms with Gasteiger partial charge >= 0.3 is 5.97 Å². The Morgan fingerprint density at radius 1 is 1.62 bits per heavy atom. The molecule has 0 saturated carbocycles. The number of fused-ring (bicyclic) bond motifs is 1. The maximum absolute atomic E-state index is 11.1. The molecule has 1 atom stereocenters. The van der Waals surface area contributed by atoms with E-state index >= 15 is 0 Å². The van der Waals surface area contributed by atoms with Gasteiger partial charge in [-0.15, -0.1) is 0 Å². The number of nitriles is 1. The van der Waals surface area contributed by atoms with Crippen LogP contribution < -0.4 is 4.74 Å². The fourth-order valence-corrected chi connectivity index (χ4v) is 1.73. The molecule has 0 bridgehead atoms. The van der Waals surface area contributed by atoms with Crippen LogP contribution in [0.3, 0.4) is 0 Å². The summed E-state index contributed by atoms with van der Waals surface area (Å²) in [6, 6.07) is 6.97. The van der Waals surface area contributed by atoms with E-state index in [1.807, 2.05) is 6.07 Å². The summed E-state index contributed by atoms with van der Waals surface area (Å²) in [7, 11) is 0. The van der Waals surface area contributed by atoms with Crippen LogP contribution in [-0.4, -0.2) is 17.7 Å². The molecule has 0 saturated heterocycles. The van der Waals surface area contributed by atoms with Gasteiger partial charge in [0.15, 0.2) is 5.41 Å². The first kappa shape index (κ1) is 10.5. The predicted octanol–water partition coefficient (Wildman–Crippen LogP) is 1.49. The van der Waals surface area contributed by atoms with Crippen LogP contribution in [0.2, 0.25) is 0 Å². The Morgan fingerprint density at radius 3 is 3.00 bits per heavy atom. The van der Waals surface area contributed by atoms with E-state index in [1.165, 1.54) is 6.92 Å². The number of carboxylic acids is 1. The first-order valence-corrected chi connectivity index (χ1v) is 4.99. The van der Waals surface area contributed by atoms with Crippen LogP contribution in [0.5, 0.6) is 5.75 Å². The van der Waals surface area contributed by atoms with Crippen LogP contribution in [0, 0.1) is 11.3 Å². The zero-order chi connectivity index (χ0) is 11.8. The van der Waals surface area contributed by atoms with E-state index in [4.69, 9.17) is 15.1 Å². The zero-order valence-electron chi connectivity index (χ0n) is 8.86. The number of benzene rings is 1. The minimum absolute atomic E-state index is 0.506. The molecule has 0 spiro atoms. The molecule has 1 aliphatic heterocycles. The van der Waals surface area contributed by atoms with Crippen molar-refractivity contribution < 1.29 is 14.6 Å². The van der Waals surface area contributed by atoms with Crippen molar-refractivity contribution in [3.8, 4) is 11.8 Å². The Bertz CT molecular complexity index is 490. The number of rotatable bonds is 2. The first-order chi connectivity index (χ1) is 7.58. The van der Waals surface area contributed by atoms with Gasteiger partial charge < -0.3 is 9.84 Å². The summed E-state index contributed by atoms with van der Waals surface area (Å²) in [6.45, 7) is 2.03. The van der Waals surface area contributed by atoms with E-state index < -0.39 is 11.4 Å². The molecule has 1 aromatic carbocycles. The number of carboxylic acid groups (broad SMARTS) is 1. The van der Waals surface area contributed by atoms with Crippen LogP contribution in [-0.2, 0) is 16.6 Å². The standard InChI is InChI=1S/C12H11NO3/c1-12(7-13,11(14)15)9-2-3-10-8(6-9)4-5-16-10/h2-3,6H,4-5H2,1H3,(H,14,15). The highest BCUT2D eigenvalue weighted by Crippen LogP contribution is 2.31. The molecule has 0 amide bonds. The molecule has 16 heavy (non-hydrogen) atoms. The molecule has 4 nitrogen and oxygen atoms in total. The fraction of sp³-hybridized carbons (Fsp3) is 0.333. The third-order valence-corrected chi connectivity index (χ3v) is 2.92. The molecule has 1 heterocycles. The minimum Gasteiger partial charge on any atom is -0.493 e. The molecule has 1 aromatic rings. The highest BCUT2D eigenvalue weighted by Gasteiger charge is 2.36. The van der Waals surface area contributed by atoms with Crippen molar-refractivity contribution >= 4 is 5.97 Å². The molecule has 2 rings (SSSR count). The second kappa shape index (κ2) is 3.53. The smallest absolute Gasteiger partial charge is 0.328 e.